The van der Waals surface area contributed by atoms with Gasteiger partial charge in [0.15, 0.2) is 5.96 Å². The molecule has 0 aromatic heterocycles. The van der Waals surface area contributed by atoms with Gasteiger partial charge in [-0.05, 0) is 50.3 Å². The smallest absolute Gasteiger partial charge is 0.189 e. The zero-order chi connectivity index (χ0) is 16.1. The highest BCUT2D eigenvalue weighted by Crippen LogP contribution is 2.26. The van der Waals surface area contributed by atoms with Gasteiger partial charge < -0.3 is 15.8 Å². The molecule has 1 saturated heterocycles. The topological polar surface area (TPSA) is 59.6 Å². The molecule has 1 aromatic carbocycles. The predicted octanol–water partition coefficient (Wildman–Crippen LogP) is 4.39. The number of hydrogen-bond donors (Lipinski definition) is 2. The lowest BCUT2D eigenvalue weighted by Crippen LogP contribution is -2.35. The van der Waals surface area contributed by atoms with Gasteiger partial charge in [-0.3, -0.25) is 4.99 Å². The molecule has 4 nitrogen and oxygen atoms in total. The summed E-state index contributed by atoms with van der Waals surface area (Å²) in [7, 11) is 0. The summed E-state index contributed by atoms with van der Waals surface area (Å²) >= 11 is 12.1. The summed E-state index contributed by atoms with van der Waals surface area (Å²) in [6, 6.07) is 5.42. The minimum atomic E-state index is -0.0258. The summed E-state index contributed by atoms with van der Waals surface area (Å²) in [6.45, 7) is 5.63. The summed E-state index contributed by atoms with van der Waals surface area (Å²) in [6.07, 6.45) is 2.39. The molecule has 130 valence electrons. The molecule has 1 aliphatic heterocycles. The minimum Gasteiger partial charge on any atom is -0.378 e. The zero-order valence-corrected chi connectivity index (χ0v) is 17.2. The van der Waals surface area contributed by atoms with E-state index in [9.17, 15) is 0 Å². The van der Waals surface area contributed by atoms with E-state index in [-0.39, 0.29) is 30.0 Å². The van der Waals surface area contributed by atoms with E-state index in [2.05, 4.69) is 17.2 Å². The lowest BCUT2D eigenvalue weighted by Gasteiger charge is -2.26. The number of guanidine groups is 1. The molecule has 23 heavy (non-hydrogen) atoms. The van der Waals surface area contributed by atoms with Gasteiger partial charge in [-0.15, -0.1) is 24.0 Å². The van der Waals surface area contributed by atoms with Gasteiger partial charge >= 0.3 is 0 Å². The summed E-state index contributed by atoms with van der Waals surface area (Å²) in [4.78, 5) is 4.45. The van der Waals surface area contributed by atoms with Crippen LogP contribution in [0.25, 0.3) is 0 Å². The maximum Gasteiger partial charge on any atom is 0.189 e. The first-order chi connectivity index (χ1) is 10.5. The molecule has 0 spiro atoms. The molecule has 3 unspecified atom stereocenters. The first kappa shape index (κ1) is 20.8. The SMILES string of the molecule is CC1CC(CN=C(N)NC(C)c2ccc(Cl)cc2Cl)CCO1.I. The number of ether oxygens (including phenoxy) is 1. The van der Waals surface area contributed by atoms with Crippen molar-refractivity contribution in [2.75, 3.05) is 13.2 Å². The van der Waals surface area contributed by atoms with Crippen LogP contribution in [-0.2, 0) is 4.74 Å². The van der Waals surface area contributed by atoms with Crippen LogP contribution in [0.1, 0.15) is 38.3 Å². The average molecular weight is 472 g/mol. The number of nitrogens with zero attached hydrogens (tertiary/aromatic N) is 1. The Labute approximate surface area is 165 Å². The van der Waals surface area contributed by atoms with Crippen molar-refractivity contribution in [2.24, 2.45) is 16.6 Å². The van der Waals surface area contributed by atoms with E-state index in [1.165, 1.54) is 0 Å². The van der Waals surface area contributed by atoms with Gasteiger partial charge in [0.25, 0.3) is 0 Å². The molecule has 1 heterocycles. The average Bonchev–Trinajstić information content (AvgIpc) is 2.45. The Morgan fingerprint density at radius 2 is 2.22 bits per heavy atom. The number of nitrogens with two attached hydrogens (primary N) is 1. The van der Waals surface area contributed by atoms with E-state index in [0.29, 0.717) is 28.0 Å². The third kappa shape index (κ3) is 6.64. The molecule has 0 amide bonds. The van der Waals surface area contributed by atoms with Gasteiger partial charge in [-0.2, -0.15) is 0 Å². The van der Waals surface area contributed by atoms with Gasteiger partial charge in [0.1, 0.15) is 0 Å². The number of rotatable bonds is 4. The van der Waals surface area contributed by atoms with E-state index in [1.54, 1.807) is 6.07 Å². The summed E-state index contributed by atoms with van der Waals surface area (Å²) < 4.78 is 5.54. The monoisotopic (exact) mass is 471 g/mol. The normalized spacial score (nSPS) is 23.0. The highest BCUT2D eigenvalue weighted by atomic mass is 127. The van der Waals surface area contributed by atoms with Crippen LogP contribution in [0, 0.1) is 5.92 Å². The van der Waals surface area contributed by atoms with E-state index < -0.39 is 0 Å². The van der Waals surface area contributed by atoms with Crippen LogP contribution < -0.4 is 11.1 Å². The first-order valence-electron chi connectivity index (χ1n) is 7.58. The van der Waals surface area contributed by atoms with Gasteiger partial charge in [0, 0.05) is 23.2 Å². The molecule has 2 rings (SSSR count). The van der Waals surface area contributed by atoms with Crippen molar-refractivity contribution in [3.05, 3.63) is 33.8 Å². The molecule has 1 fully saturated rings. The summed E-state index contributed by atoms with van der Waals surface area (Å²) in [5.41, 5.74) is 6.93. The minimum absolute atomic E-state index is 0. The molecule has 0 bridgehead atoms. The molecule has 0 aliphatic carbocycles. The van der Waals surface area contributed by atoms with Crippen LogP contribution in [0.5, 0.6) is 0 Å². The van der Waals surface area contributed by atoms with E-state index in [1.807, 2.05) is 19.1 Å². The first-order valence-corrected chi connectivity index (χ1v) is 8.34. The van der Waals surface area contributed by atoms with Crippen LogP contribution in [0.2, 0.25) is 10.0 Å². The van der Waals surface area contributed by atoms with Crippen LogP contribution in [0.4, 0.5) is 0 Å². The fourth-order valence-corrected chi connectivity index (χ4v) is 3.25. The van der Waals surface area contributed by atoms with Gasteiger partial charge in [-0.25, -0.2) is 0 Å². The molecule has 0 saturated carbocycles. The highest BCUT2D eigenvalue weighted by Gasteiger charge is 2.19. The zero-order valence-electron chi connectivity index (χ0n) is 13.4. The van der Waals surface area contributed by atoms with Crippen molar-refractivity contribution in [2.45, 2.75) is 38.8 Å². The Hall–Kier alpha value is -0.240. The van der Waals surface area contributed by atoms with E-state index >= 15 is 0 Å². The second kappa shape index (κ2) is 9.91. The third-order valence-electron chi connectivity index (χ3n) is 3.91. The molecule has 1 aliphatic rings. The van der Waals surface area contributed by atoms with Gasteiger partial charge in [-0.1, -0.05) is 29.3 Å². The molecule has 0 radical (unpaired) electrons. The fourth-order valence-electron chi connectivity index (χ4n) is 2.68. The molecular weight excluding hydrogens is 448 g/mol. The summed E-state index contributed by atoms with van der Waals surface area (Å²) in [5.74, 6) is 0.983. The van der Waals surface area contributed by atoms with Crippen LogP contribution >= 0.6 is 47.2 Å². The molecule has 3 N–H and O–H groups in total. The predicted molar refractivity (Wildman–Crippen MR) is 108 cm³/mol. The van der Waals surface area contributed by atoms with Crippen molar-refractivity contribution in [1.82, 2.24) is 5.32 Å². The Kier molecular flexibility index (Phi) is 8.97. The van der Waals surface area contributed by atoms with Crippen molar-refractivity contribution in [1.29, 1.82) is 0 Å². The van der Waals surface area contributed by atoms with Gasteiger partial charge in [0.05, 0.1) is 12.1 Å². The van der Waals surface area contributed by atoms with Crippen molar-refractivity contribution >= 4 is 53.1 Å². The quantitative estimate of drug-likeness (QED) is 0.389. The maximum absolute atomic E-state index is 6.20. The molecular formula is C16H24Cl2IN3O. The second-order valence-electron chi connectivity index (χ2n) is 5.83. The lowest BCUT2D eigenvalue weighted by molar-refractivity contribution is 0.00481. The van der Waals surface area contributed by atoms with Crippen molar-refractivity contribution in [3.63, 3.8) is 0 Å². The second-order valence-corrected chi connectivity index (χ2v) is 6.67. The van der Waals surface area contributed by atoms with Crippen LogP contribution in [-0.4, -0.2) is 25.2 Å². The largest absolute Gasteiger partial charge is 0.378 e. The fraction of sp³-hybridized carbons (Fsp3) is 0.562. The van der Waals surface area contributed by atoms with Gasteiger partial charge in [0.2, 0.25) is 0 Å². The lowest BCUT2D eigenvalue weighted by atomic mass is 9.96. The molecule has 3 atom stereocenters. The number of nitrogens with one attached hydrogen (secondary N) is 1. The Balaban J connectivity index is 0.00000264. The standard InChI is InChI=1S/C16H23Cl2N3O.HI/c1-10-7-12(5-6-22-10)9-20-16(19)21-11(2)14-4-3-13(17)8-15(14)18;/h3-4,8,10-12H,5-7,9H2,1-2H3,(H3,19,20,21);1H. The Morgan fingerprint density at radius 3 is 2.87 bits per heavy atom. The van der Waals surface area contributed by atoms with Crippen LogP contribution in [0.15, 0.2) is 23.2 Å². The third-order valence-corrected chi connectivity index (χ3v) is 4.47. The Bertz CT molecular complexity index is 542. The number of hydrogen-bond acceptors (Lipinski definition) is 2. The molecule has 7 heteroatoms. The number of halogens is 3. The van der Waals surface area contributed by atoms with Crippen molar-refractivity contribution in [3.8, 4) is 0 Å². The van der Waals surface area contributed by atoms with E-state index in [4.69, 9.17) is 33.7 Å². The maximum atomic E-state index is 6.20. The number of benzene rings is 1. The van der Waals surface area contributed by atoms with E-state index in [0.717, 1.165) is 31.6 Å². The number of aliphatic imine (C=N–C) groups is 1. The highest BCUT2D eigenvalue weighted by molar-refractivity contribution is 14.0. The van der Waals surface area contributed by atoms with Crippen LogP contribution in [0.3, 0.4) is 0 Å². The Morgan fingerprint density at radius 1 is 1.48 bits per heavy atom. The van der Waals surface area contributed by atoms with Crippen molar-refractivity contribution < 1.29 is 4.74 Å². The molecule has 1 aromatic rings. The summed E-state index contributed by atoms with van der Waals surface area (Å²) in [5, 5.41) is 4.42.